The van der Waals surface area contributed by atoms with Crippen molar-refractivity contribution in [3.05, 3.63) is 11.6 Å². The molecule has 0 aromatic heterocycles. The SMILES string of the molecule is CC(C)N1CCCCC1.CCC.CC[C@H](C)[C@@H](/C=C(\C)C(=O)O)N(C)C(=O)CNC=O. The van der Waals surface area contributed by atoms with Gasteiger partial charge in [0.15, 0.2) is 0 Å². The van der Waals surface area contributed by atoms with Gasteiger partial charge in [-0.15, -0.1) is 0 Å². The van der Waals surface area contributed by atoms with Gasteiger partial charge in [0, 0.05) is 18.7 Å². The van der Waals surface area contributed by atoms with Gasteiger partial charge in [0.2, 0.25) is 12.3 Å². The van der Waals surface area contributed by atoms with Crippen LogP contribution in [0.2, 0.25) is 0 Å². The van der Waals surface area contributed by atoms with Crippen molar-refractivity contribution in [1.82, 2.24) is 15.1 Å². The standard InChI is InChI=1S/C13H22N2O4.C8H17N.C3H8/c1-5-9(2)11(6-10(3)13(18)19)15(4)12(17)7-14-8-16;1-8(2)9-6-4-3-5-7-9;1-3-2/h6,8-9,11H,5,7H2,1-4H3,(H,14,16)(H,18,19);8H,3-7H2,1-2H3;3H2,1-2H3/b10-6+;;/t9-,11+;;/m0../s1. The fraction of sp³-hybridized carbons (Fsp3) is 0.792. The van der Waals surface area contributed by atoms with Crippen molar-refractivity contribution >= 4 is 18.3 Å². The van der Waals surface area contributed by atoms with Crippen molar-refractivity contribution in [1.29, 1.82) is 0 Å². The maximum Gasteiger partial charge on any atom is 0.331 e. The molecule has 182 valence electrons. The van der Waals surface area contributed by atoms with Crippen LogP contribution in [0.1, 0.15) is 80.6 Å². The van der Waals surface area contributed by atoms with Crippen LogP contribution >= 0.6 is 0 Å². The van der Waals surface area contributed by atoms with Crippen molar-refractivity contribution in [2.75, 3.05) is 26.7 Å². The number of rotatable bonds is 9. The van der Waals surface area contributed by atoms with Crippen molar-refractivity contribution in [3.63, 3.8) is 0 Å². The number of hydrogen-bond donors (Lipinski definition) is 2. The van der Waals surface area contributed by atoms with Gasteiger partial charge in [-0.05, 0) is 52.6 Å². The Labute approximate surface area is 190 Å². The lowest BCUT2D eigenvalue weighted by Gasteiger charge is -2.30. The number of aliphatic carboxylic acids is 1. The molecule has 31 heavy (non-hydrogen) atoms. The summed E-state index contributed by atoms with van der Waals surface area (Å²) >= 11 is 0. The first-order valence-corrected chi connectivity index (χ1v) is 11.6. The molecule has 1 heterocycles. The maximum atomic E-state index is 11.8. The van der Waals surface area contributed by atoms with E-state index in [2.05, 4.69) is 37.9 Å². The third-order valence-electron chi connectivity index (χ3n) is 5.28. The lowest BCUT2D eigenvalue weighted by atomic mass is 9.95. The molecule has 1 rings (SSSR count). The molecule has 0 aliphatic carbocycles. The Bertz CT molecular complexity index is 529. The van der Waals surface area contributed by atoms with Crippen molar-refractivity contribution in [2.45, 2.75) is 92.7 Å². The average Bonchev–Trinajstić information content (AvgIpc) is 2.76. The lowest BCUT2D eigenvalue weighted by Crippen LogP contribution is -2.44. The maximum absolute atomic E-state index is 11.8. The number of carbonyl (C=O) groups is 3. The summed E-state index contributed by atoms with van der Waals surface area (Å²) in [5.41, 5.74) is 0.202. The van der Waals surface area contributed by atoms with Crippen molar-refractivity contribution < 1.29 is 19.5 Å². The van der Waals surface area contributed by atoms with Crippen LogP contribution in [0.15, 0.2) is 11.6 Å². The van der Waals surface area contributed by atoms with Crippen LogP contribution in [0, 0.1) is 5.92 Å². The number of amides is 2. The first-order chi connectivity index (χ1) is 14.6. The summed E-state index contributed by atoms with van der Waals surface area (Å²) < 4.78 is 0. The average molecular weight is 442 g/mol. The van der Waals surface area contributed by atoms with E-state index >= 15 is 0 Å². The van der Waals surface area contributed by atoms with Crippen LogP contribution in [-0.4, -0.2) is 72.0 Å². The molecule has 2 atom stereocenters. The molecule has 0 aromatic carbocycles. The monoisotopic (exact) mass is 441 g/mol. The molecule has 0 spiro atoms. The first-order valence-electron chi connectivity index (χ1n) is 11.6. The number of piperidine rings is 1. The molecule has 0 unspecified atom stereocenters. The van der Waals surface area contributed by atoms with E-state index in [1.807, 2.05) is 13.8 Å². The molecule has 2 N–H and O–H groups in total. The minimum absolute atomic E-state index is 0.0904. The zero-order valence-electron chi connectivity index (χ0n) is 21.1. The Hall–Kier alpha value is -1.89. The second kappa shape index (κ2) is 18.8. The topological polar surface area (TPSA) is 90.0 Å². The summed E-state index contributed by atoms with van der Waals surface area (Å²) in [5.74, 6) is -1.13. The van der Waals surface area contributed by atoms with E-state index in [4.69, 9.17) is 5.11 Å². The van der Waals surface area contributed by atoms with E-state index in [0.717, 1.165) is 12.5 Å². The number of carboxylic acid groups (broad SMARTS) is 1. The van der Waals surface area contributed by atoms with E-state index < -0.39 is 5.97 Å². The van der Waals surface area contributed by atoms with Gasteiger partial charge in [0.1, 0.15) is 0 Å². The Morgan fingerprint density at radius 2 is 1.61 bits per heavy atom. The summed E-state index contributed by atoms with van der Waals surface area (Å²) in [6.07, 6.45) is 8.38. The third kappa shape index (κ3) is 14.7. The van der Waals surface area contributed by atoms with E-state index in [1.165, 1.54) is 50.6 Å². The van der Waals surface area contributed by atoms with Crippen molar-refractivity contribution in [2.24, 2.45) is 5.92 Å². The molecule has 0 saturated carbocycles. The Kier molecular flexibility index (Phi) is 19.0. The Morgan fingerprint density at radius 1 is 1.10 bits per heavy atom. The minimum Gasteiger partial charge on any atom is -0.478 e. The number of carbonyl (C=O) groups excluding carboxylic acids is 2. The molecular weight excluding hydrogens is 394 g/mol. The minimum atomic E-state index is -1.000. The van der Waals surface area contributed by atoms with Crippen LogP contribution in [-0.2, 0) is 14.4 Å². The molecule has 1 aliphatic rings. The Morgan fingerprint density at radius 3 is 1.97 bits per heavy atom. The second-order valence-corrected chi connectivity index (χ2v) is 8.43. The fourth-order valence-corrected chi connectivity index (χ4v) is 3.08. The molecule has 7 heteroatoms. The van der Waals surface area contributed by atoms with E-state index in [0.29, 0.717) is 6.41 Å². The van der Waals surface area contributed by atoms with Gasteiger partial charge in [0.25, 0.3) is 0 Å². The molecule has 1 aliphatic heterocycles. The largest absolute Gasteiger partial charge is 0.478 e. The zero-order chi connectivity index (χ0) is 24.4. The molecule has 0 aromatic rings. The molecule has 2 amide bonds. The zero-order valence-corrected chi connectivity index (χ0v) is 21.1. The highest BCUT2D eigenvalue weighted by Crippen LogP contribution is 2.17. The van der Waals surface area contributed by atoms with E-state index in [-0.39, 0.29) is 30.0 Å². The number of carboxylic acids is 1. The van der Waals surface area contributed by atoms with Gasteiger partial charge in [-0.2, -0.15) is 0 Å². The highest BCUT2D eigenvalue weighted by atomic mass is 16.4. The second-order valence-electron chi connectivity index (χ2n) is 8.43. The number of nitrogens with zero attached hydrogens (tertiary/aromatic N) is 2. The van der Waals surface area contributed by atoms with Crippen LogP contribution < -0.4 is 5.32 Å². The van der Waals surface area contributed by atoms with Gasteiger partial charge in [-0.25, -0.2) is 4.79 Å². The van der Waals surface area contributed by atoms with Crippen LogP contribution in [0.25, 0.3) is 0 Å². The summed E-state index contributed by atoms with van der Waals surface area (Å²) in [4.78, 5) is 36.9. The smallest absolute Gasteiger partial charge is 0.331 e. The predicted molar refractivity (Wildman–Crippen MR) is 128 cm³/mol. The molecule has 0 bridgehead atoms. The summed E-state index contributed by atoms with van der Waals surface area (Å²) in [6.45, 7) is 16.8. The summed E-state index contributed by atoms with van der Waals surface area (Å²) in [7, 11) is 1.61. The van der Waals surface area contributed by atoms with Gasteiger partial charge >= 0.3 is 5.97 Å². The highest BCUT2D eigenvalue weighted by molar-refractivity contribution is 5.86. The van der Waals surface area contributed by atoms with E-state index in [9.17, 15) is 14.4 Å². The van der Waals surface area contributed by atoms with Crippen molar-refractivity contribution in [3.8, 4) is 0 Å². The summed E-state index contributed by atoms with van der Waals surface area (Å²) in [6, 6.07) is 0.465. The molecule has 1 saturated heterocycles. The predicted octanol–water partition coefficient (Wildman–Crippen LogP) is 3.93. The van der Waals surface area contributed by atoms with Crippen LogP contribution in [0.3, 0.4) is 0 Å². The van der Waals surface area contributed by atoms with Gasteiger partial charge < -0.3 is 20.2 Å². The molecule has 7 nitrogen and oxygen atoms in total. The first kappa shape index (κ1) is 31.3. The number of nitrogens with one attached hydrogen (secondary N) is 1. The van der Waals surface area contributed by atoms with Gasteiger partial charge in [0.05, 0.1) is 12.6 Å². The summed E-state index contributed by atoms with van der Waals surface area (Å²) in [5, 5.41) is 11.2. The molecule has 1 fully saturated rings. The van der Waals surface area contributed by atoms with Crippen LogP contribution in [0.5, 0.6) is 0 Å². The van der Waals surface area contributed by atoms with E-state index in [1.54, 1.807) is 13.1 Å². The van der Waals surface area contributed by atoms with Crippen LogP contribution in [0.4, 0.5) is 0 Å². The van der Waals surface area contributed by atoms with Gasteiger partial charge in [-0.3, -0.25) is 9.59 Å². The van der Waals surface area contributed by atoms with Gasteiger partial charge in [-0.1, -0.05) is 53.0 Å². The number of likely N-dealkylation sites (N-methyl/N-ethyl adjacent to an activating group) is 1. The number of likely N-dealkylation sites (tertiary alicyclic amines) is 1. The third-order valence-corrected chi connectivity index (χ3v) is 5.28. The lowest BCUT2D eigenvalue weighted by molar-refractivity contribution is -0.133. The quantitative estimate of drug-likeness (QED) is 0.418. The molecular formula is C24H47N3O4. The molecule has 0 radical (unpaired) electrons. The fourth-order valence-electron chi connectivity index (χ4n) is 3.08. The normalized spacial score (nSPS) is 16.1. The Balaban J connectivity index is 0. The highest BCUT2D eigenvalue weighted by Gasteiger charge is 2.23. The number of hydrogen-bond acceptors (Lipinski definition) is 4.